The quantitative estimate of drug-likeness (QED) is 0.246. The van der Waals surface area contributed by atoms with Crippen LogP contribution in [0.5, 0.6) is 0 Å². The molecule has 6 nitrogen and oxygen atoms in total. The van der Waals surface area contributed by atoms with Crippen molar-refractivity contribution in [3.8, 4) is 31.6 Å². The lowest BCUT2D eigenvalue weighted by Gasteiger charge is -2.49. The third-order valence-corrected chi connectivity index (χ3v) is 9.63. The summed E-state index contributed by atoms with van der Waals surface area (Å²) in [5.41, 5.74) is 8.81. The van der Waals surface area contributed by atoms with E-state index in [1.54, 1.807) is 36.9 Å². The van der Waals surface area contributed by atoms with E-state index in [0.717, 1.165) is 37.1 Å². The van der Waals surface area contributed by atoms with Crippen LogP contribution in [0.4, 0.5) is 0 Å². The van der Waals surface area contributed by atoms with Crippen LogP contribution in [0.25, 0.3) is 31.6 Å². The highest BCUT2D eigenvalue weighted by Gasteiger charge is 2.49. The van der Waals surface area contributed by atoms with Gasteiger partial charge in [-0.3, -0.25) is 4.98 Å². The molecule has 4 N–H and O–H groups in total. The minimum Gasteiger partial charge on any atom is -0.390 e. The van der Waals surface area contributed by atoms with Crippen LogP contribution in [-0.2, 0) is 11.1 Å². The van der Waals surface area contributed by atoms with Gasteiger partial charge in [0.05, 0.1) is 21.0 Å². The van der Waals surface area contributed by atoms with Gasteiger partial charge in [0, 0.05) is 35.3 Å². The highest BCUT2D eigenvalue weighted by Crippen LogP contribution is 2.47. The van der Waals surface area contributed by atoms with Crippen molar-refractivity contribution < 1.29 is 10.2 Å². The molecule has 0 spiro atoms. The van der Waals surface area contributed by atoms with Crippen molar-refractivity contribution in [2.45, 2.75) is 43.4 Å². The number of benzene rings is 2. The number of aromatic nitrogens is 3. The molecule has 1 aliphatic rings. The van der Waals surface area contributed by atoms with Gasteiger partial charge >= 0.3 is 0 Å². The number of pyridine rings is 1. The first-order valence-corrected chi connectivity index (χ1v) is 14.1. The second kappa shape index (κ2) is 9.18. The first kappa shape index (κ1) is 25.0. The van der Waals surface area contributed by atoms with Crippen LogP contribution in [-0.4, -0.2) is 30.8 Å². The van der Waals surface area contributed by atoms with Crippen molar-refractivity contribution in [1.82, 2.24) is 15.0 Å². The Kier molecular flexibility index (Phi) is 6.05. The molecule has 0 bridgehead atoms. The van der Waals surface area contributed by atoms with Crippen LogP contribution >= 0.6 is 22.7 Å². The zero-order chi connectivity index (χ0) is 26.5. The van der Waals surface area contributed by atoms with E-state index >= 15 is 0 Å². The summed E-state index contributed by atoms with van der Waals surface area (Å²) in [5, 5.41) is 22.9. The van der Waals surface area contributed by atoms with E-state index in [0.29, 0.717) is 23.4 Å². The number of hydrogen-bond acceptors (Lipinski definition) is 8. The molecule has 0 radical (unpaired) electrons. The van der Waals surface area contributed by atoms with Gasteiger partial charge in [0.15, 0.2) is 0 Å². The van der Waals surface area contributed by atoms with Crippen LogP contribution in [0, 0.1) is 0 Å². The summed E-state index contributed by atoms with van der Waals surface area (Å²) in [6.07, 6.45) is 6.23. The average molecular weight is 541 g/mol. The Balaban J connectivity index is 1.37. The van der Waals surface area contributed by atoms with Gasteiger partial charge in [-0.1, -0.05) is 60.7 Å². The molecule has 1 fully saturated rings. The lowest BCUT2D eigenvalue weighted by molar-refractivity contribution is -0.0738. The monoisotopic (exact) mass is 540 g/mol. The molecule has 0 aliphatic heterocycles. The van der Waals surface area contributed by atoms with E-state index < -0.39 is 16.7 Å². The van der Waals surface area contributed by atoms with Crippen molar-refractivity contribution in [3.63, 3.8) is 0 Å². The van der Waals surface area contributed by atoms with Crippen molar-refractivity contribution in [2.24, 2.45) is 5.73 Å². The molecule has 1 atom stereocenters. The van der Waals surface area contributed by atoms with E-state index in [1.807, 2.05) is 49.4 Å². The average Bonchev–Trinajstić information content (AvgIpc) is 3.57. The second-order valence-electron chi connectivity index (χ2n) is 10.5. The number of hydrogen-bond donors (Lipinski definition) is 3. The summed E-state index contributed by atoms with van der Waals surface area (Å²) in [7, 11) is 0. The summed E-state index contributed by atoms with van der Waals surface area (Å²) in [6, 6.07) is 22.1. The van der Waals surface area contributed by atoms with Gasteiger partial charge in [-0.2, -0.15) is 0 Å². The topological polar surface area (TPSA) is 105 Å². The van der Waals surface area contributed by atoms with E-state index in [1.165, 1.54) is 11.3 Å². The van der Waals surface area contributed by atoms with Gasteiger partial charge in [-0.05, 0) is 43.9 Å². The normalized spacial score (nSPS) is 22.6. The Bertz CT molecular complexity index is 1570. The molecule has 8 heteroatoms. The smallest absolute Gasteiger partial charge is 0.140 e. The molecule has 5 aromatic rings. The van der Waals surface area contributed by atoms with Crippen molar-refractivity contribution in [3.05, 3.63) is 101 Å². The van der Waals surface area contributed by atoms with Gasteiger partial charge in [0.2, 0.25) is 0 Å². The van der Waals surface area contributed by atoms with Crippen LogP contribution < -0.4 is 5.73 Å². The first-order valence-electron chi connectivity index (χ1n) is 12.4. The number of aliphatic hydroxyl groups is 2. The maximum absolute atomic E-state index is 11.2. The fourth-order valence-corrected chi connectivity index (χ4v) is 7.37. The maximum atomic E-state index is 11.2. The van der Waals surface area contributed by atoms with Crippen LogP contribution in [0.15, 0.2) is 85.3 Å². The van der Waals surface area contributed by atoms with Gasteiger partial charge in [0.1, 0.15) is 15.6 Å². The molecule has 3 heterocycles. The molecule has 3 aromatic heterocycles. The minimum absolute atomic E-state index is 0.498. The molecule has 6 rings (SSSR count). The summed E-state index contributed by atoms with van der Waals surface area (Å²) < 4.78 is 0. The molecule has 38 heavy (non-hydrogen) atoms. The van der Waals surface area contributed by atoms with E-state index in [4.69, 9.17) is 10.7 Å². The van der Waals surface area contributed by atoms with E-state index in [9.17, 15) is 10.2 Å². The summed E-state index contributed by atoms with van der Waals surface area (Å²) in [5.74, 6) is 0. The predicted molar refractivity (Wildman–Crippen MR) is 153 cm³/mol. The summed E-state index contributed by atoms with van der Waals surface area (Å²) in [6.45, 7) is 3.57. The standard InChI is InChI=1S/C30H28N4O2S2/c1-28(35)17-30(31,18-28)21-12-10-19(11-13-21)24-25(20-7-4-3-5-8-20)38-26(34-24)23-16-33-27(37-23)29(2,36)22-9-6-14-32-15-22/h3-16,35-36H,17-18,31H2,1-2H3/t28-,29?,30-. The first-order chi connectivity index (χ1) is 18.1. The van der Waals surface area contributed by atoms with Crippen LogP contribution in [0.2, 0.25) is 0 Å². The van der Waals surface area contributed by atoms with Crippen molar-refractivity contribution in [1.29, 1.82) is 0 Å². The van der Waals surface area contributed by atoms with Gasteiger partial charge < -0.3 is 15.9 Å². The third kappa shape index (κ3) is 4.48. The Morgan fingerprint density at radius 3 is 2.32 bits per heavy atom. The fourth-order valence-electron chi connectivity index (χ4n) is 5.25. The molecular formula is C30H28N4O2S2. The maximum Gasteiger partial charge on any atom is 0.140 e. The largest absolute Gasteiger partial charge is 0.390 e. The van der Waals surface area contributed by atoms with E-state index in [2.05, 4.69) is 34.2 Å². The highest BCUT2D eigenvalue weighted by molar-refractivity contribution is 7.23. The van der Waals surface area contributed by atoms with Crippen molar-refractivity contribution >= 4 is 22.7 Å². The van der Waals surface area contributed by atoms with Gasteiger partial charge in [-0.15, -0.1) is 22.7 Å². The Labute approximate surface area is 229 Å². The third-order valence-electron chi connectivity index (χ3n) is 7.15. The Morgan fingerprint density at radius 2 is 1.66 bits per heavy atom. The van der Waals surface area contributed by atoms with Gasteiger partial charge in [0.25, 0.3) is 0 Å². The molecule has 192 valence electrons. The molecule has 2 aromatic carbocycles. The Morgan fingerprint density at radius 1 is 0.921 bits per heavy atom. The summed E-state index contributed by atoms with van der Waals surface area (Å²) in [4.78, 5) is 15.7. The SMILES string of the molecule is CC(O)(c1cccnc1)c1ncc(-c2nc(-c3ccc([C@]4(N)C[C@](C)(O)C4)cc3)c(-c3ccccc3)s2)s1. The second-order valence-corrected chi connectivity index (χ2v) is 12.5. The molecule has 0 amide bonds. The zero-order valence-electron chi connectivity index (χ0n) is 21.1. The van der Waals surface area contributed by atoms with Crippen LogP contribution in [0.3, 0.4) is 0 Å². The highest BCUT2D eigenvalue weighted by atomic mass is 32.1. The van der Waals surface area contributed by atoms with E-state index in [-0.39, 0.29) is 0 Å². The molecule has 1 aliphatic carbocycles. The molecular weight excluding hydrogens is 512 g/mol. The lowest BCUT2D eigenvalue weighted by Crippen LogP contribution is -2.58. The minimum atomic E-state index is -1.25. The number of rotatable bonds is 6. The number of nitrogens with two attached hydrogens (primary N) is 1. The zero-order valence-corrected chi connectivity index (χ0v) is 22.8. The number of nitrogens with zero attached hydrogens (tertiary/aromatic N) is 3. The van der Waals surface area contributed by atoms with Gasteiger partial charge in [-0.25, -0.2) is 9.97 Å². The fraction of sp³-hybridized carbons (Fsp3) is 0.233. The lowest BCUT2D eigenvalue weighted by atomic mass is 9.63. The van der Waals surface area contributed by atoms with Crippen molar-refractivity contribution in [2.75, 3.05) is 0 Å². The predicted octanol–water partition coefficient (Wildman–Crippen LogP) is 5.95. The Hall–Kier alpha value is -3.27. The summed E-state index contributed by atoms with van der Waals surface area (Å²) >= 11 is 3.05. The molecule has 1 saturated carbocycles. The number of thiazole rings is 2. The van der Waals surface area contributed by atoms with Crippen LogP contribution in [0.1, 0.15) is 42.8 Å². The molecule has 0 saturated heterocycles. The molecule has 1 unspecified atom stereocenters.